The van der Waals surface area contributed by atoms with Gasteiger partial charge in [-0.25, -0.2) is 4.79 Å². The summed E-state index contributed by atoms with van der Waals surface area (Å²) in [5.74, 6) is 0.152. The van der Waals surface area contributed by atoms with E-state index in [0.29, 0.717) is 30.3 Å². The van der Waals surface area contributed by atoms with Gasteiger partial charge in [0.2, 0.25) is 5.91 Å². The number of benzene rings is 1. The predicted octanol–water partition coefficient (Wildman–Crippen LogP) is 2.73. The Morgan fingerprint density at radius 1 is 1.17 bits per heavy atom. The van der Waals surface area contributed by atoms with Crippen LogP contribution < -0.4 is 21.7 Å². The minimum absolute atomic E-state index is 0. The van der Waals surface area contributed by atoms with Crippen molar-refractivity contribution in [1.29, 1.82) is 0 Å². The van der Waals surface area contributed by atoms with Crippen LogP contribution in [0.25, 0.3) is 0 Å². The summed E-state index contributed by atoms with van der Waals surface area (Å²) in [6.45, 7) is 7.95. The van der Waals surface area contributed by atoms with Crippen LogP contribution in [0.3, 0.4) is 0 Å². The minimum atomic E-state index is -0.525. The topological polar surface area (TPSA) is 96.2 Å². The van der Waals surface area contributed by atoms with Crippen molar-refractivity contribution in [2.24, 2.45) is 11.7 Å². The summed E-state index contributed by atoms with van der Waals surface area (Å²) in [4.78, 5) is 23.4. The predicted molar refractivity (Wildman–Crippen MR) is 97.0 cm³/mol. The number of urea groups is 1. The zero-order valence-electron chi connectivity index (χ0n) is 13.5. The number of carbonyl (C=O) groups is 2. The molecule has 1 aromatic rings. The summed E-state index contributed by atoms with van der Waals surface area (Å²) in [6.07, 6.45) is 2.23. The van der Waals surface area contributed by atoms with Crippen LogP contribution in [-0.2, 0) is 4.79 Å². The monoisotopic (exact) mass is 340 g/mol. The number of anilines is 2. The first kappa shape index (κ1) is 20.9. The van der Waals surface area contributed by atoms with Gasteiger partial charge in [0.1, 0.15) is 0 Å². The molecule has 0 aromatic heterocycles. The van der Waals surface area contributed by atoms with Crippen LogP contribution in [-0.4, -0.2) is 24.5 Å². The van der Waals surface area contributed by atoms with E-state index in [9.17, 15) is 9.59 Å². The molecule has 0 aliphatic rings. The van der Waals surface area contributed by atoms with Gasteiger partial charge >= 0.3 is 6.03 Å². The molecule has 0 fully saturated rings. The Balaban J connectivity index is 0.00000484. The second-order valence-electron chi connectivity index (χ2n) is 5.43. The molecule has 0 unspecified atom stereocenters. The van der Waals surface area contributed by atoms with Gasteiger partial charge in [0.25, 0.3) is 0 Å². The molecule has 128 valence electrons. The molecule has 0 heterocycles. The Hall–Kier alpha value is -2.05. The molecule has 0 radical (unpaired) electrons. The van der Waals surface area contributed by atoms with Crippen LogP contribution in [0.4, 0.5) is 16.2 Å². The molecule has 1 atom stereocenters. The second kappa shape index (κ2) is 10.6. The first-order chi connectivity index (χ1) is 10.4. The standard InChI is InChI=1S/C16H24N4O2.ClH/c1-4-9-18-16(22)20-13-7-5-12(6-8-13)19-15(21)14(17)10-11(2)3;/h4-8,11,14H,1,9-10,17H2,2-3H3,(H,19,21)(H2,18,20,22);1H/t14-;/m0./s1. The highest BCUT2D eigenvalue weighted by atomic mass is 35.5. The average molecular weight is 341 g/mol. The van der Waals surface area contributed by atoms with E-state index in [4.69, 9.17) is 5.73 Å². The Morgan fingerprint density at radius 3 is 2.17 bits per heavy atom. The van der Waals surface area contributed by atoms with Crippen LogP contribution in [0, 0.1) is 5.92 Å². The summed E-state index contributed by atoms with van der Waals surface area (Å²) >= 11 is 0. The van der Waals surface area contributed by atoms with Gasteiger partial charge in [0.05, 0.1) is 6.04 Å². The maximum Gasteiger partial charge on any atom is 0.319 e. The number of hydrogen-bond acceptors (Lipinski definition) is 3. The van der Waals surface area contributed by atoms with Gasteiger partial charge in [-0.05, 0) is 36.6 Å². The smallest absolute Gasteiger partial charge is 0.319 e. The summed E-state index contributed by atoms with van der Waals surface area (Å²) in [5, 5.41) is 8.03. The van der Waals surface area contributed by atoms with Gasteiger partial charge in [-0.15, -0.1) is 19.0 Å². The molecule has 0 spiro atoms. The van der Waals surface area contributed by atoms with Crippen LogP contribution in [0.1, 0.15) is 20.3 Å². The second-order valence-corrected chi connectivity index (χ2v) is 5.43. The summed E-state index contributed by atoms with van der Waals surface area (Å²) in [7, 11) is 0. The molecule has 7 heteroatoms. The van der Waals surface area contributed by atoms with Gasteiger partial charge in [0.15, 0.2) is 0 Å². The lowest BCUT2D eigenvalue weighted by atomic mass is 10.0. The van der Waals surface area contributed by atoms with Crippen molar-refractivity contribution in [2.75, 3.05) is 17.2 Å². The zero-order valence-corrected chi connectivity index (χ0v) is 14.3. The fraction of sp³-hybridized carbons (Fsp3) is 0.375. The van der Waals surface area contributed by atoms with Crippen LogP contribution in [0.5, 0.6) is 0 Å². The molecule has 1 aromatic carbocycles. The van der Waals surface area contributed by atoms with E-state index in [-0.39, 0.29) is 24.3 Å². The number of nitrogens with two attached hydrogens (primary N) is 1. The van der Waals surface area contributed by atoms with Gasteiger partial charge in [0, 0.05) is 17.9 Å². The highest BCUT2D eigenvalue weighted by Crippen LogP contribution is 2.14. The Labute approximate surface area is 143 Å². The maximum atomic E-state index is 11.9. The lowest BCUT2D eigenvalue weighted by Crippen LogP contribution is -2.36. The van der Waals surface area contributed by atoms with Crippen molar-refractivity contribution in [2.45, 2.75) is 26.3 Å². The number of hydrogen-bond donors (Lipinski definition) is 4. The van der Waals surface area contributed by atoms with Crippen LogP contribution >= 0.6 is 12.4 Å². The summed E-state index contributed by atoms with van der Waals surface area (Å²) in [5.41, 5.74) is 7.09. The molecule has 0 aliphatic carbocycles. The first-order valence-electron chi connectivity index (χ1n) is 7.24. The van der Waals surface area contributed by atoms with Gasteiger partial charge < -0.3 is 21.7 Å². The number of halogens is 1. The molecule has 1 rings (SSSR count). The van der Waals surface area contributed by atoms with E-state index in [1.807, 2.05) is 13.8 Å². The minimum Gasteiger partial charge on any atom is -0.334 e. The highest BCUT2D eigenvalue weighted by molar-refractivity contribution is 5.95. The fourth-order valence-corrected chi connectivity index (χ4v) is 1.83. The lowest BCUT2D eigenvalue weighted by molar-refractivity contribution is -0.117. The van der Waals surface area contributed by atoms with E-state index in [1.54, 1.807) is 30.3 Å². The van der Waals surface area contributed by atoms with E-state index in [1.165, 1.54) is 0 Å². The van der Waals surface area contributed by atoms with E-state index in [0.717, 1.165) is 0 Å². The maximum absolute atomic E-state index is 11.9. The van der Waals surface area contributed by atoms with Crippen LogP contribution in [0.15, 0.2) is 36.9 Å². The molecule has 0 saturated carbocycles. The molecule has 23 heavy (non-hydrogen) atoms. The van der Waals surface area contributed by atoms with Crippen molar-refractivity contribution in [3.63, 3.8) is 0 Å². The molecular formula is C16H25ClN4O2. The quantitative estimate of drug-likeness (QED) is 0.574. The first-order valence-corrected chi connectivity index (χ1v) is 7.24. The molecule has 0 saturated heterocycles. The third kappa shape index (κ3) is 8.23. The molecule has 5 N–H and O–H groups in total. The van der Waals surface area contributed by atoms with E-state index < -0.39 is 6.04 Å². The van der Waals surface area contributed by atoms with Gasteiger partial charge in [-0.1, -0.05) is 19.9 Å². The molecule has 3 amide bonds. The third-order valence-electron chi connectivity index (χ3n) is 2.88. The van der Waals surface area contributed by atoms with E-state index in [2.05, 4.69) is 22.5 Å². The number of nitrogens with one attached hydrogen (secondary N) is 3. The highest BCUT2D eigenvalue weighted by Gasteiger charge is 2.14. The van der Waals surface area contributed by atoms with Crippen molar-refractivity contribution in [3.8, 4) is 0 Å². The largest absolute Gasteiger partial charge is 0.334 e. The average Bonchev–Trinajstić information content (AvgIpc) is 2.46. The molecule has 0 bridgehead atoms. The normalized spacial score (nSPS) is 11.1. The van der Waals surface area contributed by atoms with E-state index >= 15 is 0 Å². The van der Waals surface area contributed by atoms with Crippen molar-refractivity contribution in [3.05, 3.63) is 36.9 Å². The Kier molecular flexibility index (Phi) is 9.69. The molecule has 0 aliphatic heterocycles. The summed E-state index contributed by atoms with van der Waals surface area (Å²) in [6, 6.07) is 6.00. The number of amides is 3. The van der Waals surface area contributed by atoms with Crippen molar-refractivity contribution >= 4 is 35.7 Å². The molecule has 6 nitrogen and oxygen atoms in total. The molecular weight excluding hydrogens is 316 g/mol. The fourth-order valence-electron chi connectivity index (χ4n) is 1.83. The SMILES string of the molecule is C=CCNC(=O)Nc1ccc(NC(=O)[C@@H](N)CC(C)C)cc1.Cl. The zero-order chi connectivity index (χ0) is 16.5. The van der Waals surface area contributed by atoms with Crippen LogP contribution in [0.2, 0.25) is 0 Å². The van der Waals surface area contributed by atoms with Gasteiger partial charge in [-0.2, -0.15) is 0 Å². The Bertz CT molecular complexity index is 517. The number of carbonyl (C=O) groups excluding carboxylic acids is 2. The lowest BCUT2D eigenvalue weighted by Gasteiger charge is -2.14. The van der Waals surface area contributed by atoms with Crippen molar-refractivity contribution in [1.82, 2.24) is 5.32 Å². The van der Waals surface area contributed by atoms with Gasteiger partial charge in [-0.3, -0.25) is 4.79 Å². The number of rotatable bonds is 7. The third-order valence-corrected chi connectivity index (χ3v) is 2.88. The Morgan fingerprint density at radius 2 is 1.70 bits per heavy atom. The summed E-state index contributed by atoms with van der Waals surface area (Å²) < 4.78 is 0. The van der Waals surface area contributed by atoms with Crippen molar-refractivity contribution < 1.29 is 9.59 Å².